The zero-order valence-electron chi connectivity index (χ0n) is 6.40. The van der Waals surface area contributed by atoms with Gasteiger partial charge in [0.25, 0.3) is 0 Å². The summed E-state index contributed by atoms with van der Waals surface area (Å²) >= 11 is -2.17. The van der Waals surface area contributed by atoms with Crippen molar-refractivity contribution in [2.24, 2.45) is 17.6 Å². The average Bonchev–Trinajstić information content (AvgIpc) is 2.61. The summed E-state index contributed by atoms with van der Waals surface area (Å²) in [5.41, 5.74) is 5.65. The summed E-state index contributed by atoms with van der Waals surface area (Å²) in [5, 5.41) is 0. The van der Waals surface area contributed by atoms with Gasteiger partial charge in [-0.15, -0.1) is 0 Å². The van der Waals surface area contributed by atoms with Crippen LogP contribution in [0.5, 0.6) is 0 Å². The molecule has 0 bridgehead atoms. The Morgan fingerprint density at radius 1 is 1.91 bits per heavy atom. The van der Waals surface area contributed by atoms with Crippen LogP contribution in [0.25, 0.3) is 0 Å². The third-order valence-corrected chi connectivity index (χ3v) is 2.42. The highest BCUT2D eigenvalue weighted by Crippen LogP contribution is 2.39. The van der Waals surface area contributed by atoms with Gasteiger partial charge in [-0.3, -0.25) is 8.74 Å². The lowest BCUT2D eigenvalue weighted by molar-refractivity contribution is 0.269. The molecule has 4 atom stereocenters. The third kappa shape index (κ3) is 2.86. The van der Waals surface area contributed by atoms with Crippen LogP contribution in [0.4, 0.5) is 0 Å². The van der Waals surface area contributed by atoms with Gasteiger partial charge < -0.3 is 5.73 Å². The van der Waals surface area contributed by atoms with Gasteiger partial charge in [0.05, 0.1) is 6.61 Å². The zero-order valence-corrected chi connectivity index (χ0v) is 7.21. The van der Waals surface area contributed by atoms with Gasteiger partial charge in [0.2, 0.25) is 0 Å². The molecule has 1 fully saturated rings. The molecule has 0 amide bonds. The first-order valence-corrected chi connectivity index (χ1v) is 4.64. The summed E-state index contributed by atoms with van der Waals surface area (Å²) in [6.45, 7) is 2.29. The van der Waals surface area contributed by atoms with E-state index in [1.807, 2.05) is 0 Å². The Bertz CT molecular complexity index is 164. The van der Waals surface area contributed by atoms with Gasteiger partial charge in [0, 0.05) is 6.04 Å². The molecule has 0 spiro atoms. The Kier molecular flexibility index (Phi) is 3.00. The summed E-state index contributed by atoms with van der Waals surface area (Å²) < 4.78 is 22.8. The van der Waals surface area contributed by atoms with Gasteiger partial charge in [0.15, 0.2) is 0 Å². The molecule has 1 aliphatic rings. The summed E-state index contributed by atoms with van der Waals surface area (Å²) in [5.74, 6) is 1.14. The number of nitrogens with two attached hydrogens (primary N) is 1. The highest BCUT2D eigenvalue weighted by molar-refractivity contribution is 7.74. The highest BCUT2D eigenvalue weighted by atomic mass is 32.2. The van der Waals surface area contributed by atoms with E-state index in [2.05, 4.69) is 11.1 Å². The van der Waals surface area contributed by atoms with E-state index in [-0.39, 0.29) is 12.6 Å². The van der Waals surface area contributed by atoms with Crippen LogP contribution in [0.15, 0.2) is 0 Å². The lowest BCUT2D eigenvalue weighted by Gasteiger charge is -2.07. The van der Waals surface area contributed by atoms with E-state index in [9.17, 15) is 4.21 Å². The summed E-state index contributed by atoms with van der Waals surface area (Å²) in [6, 6.07) is -0.0823. The molecule has 0 saturated heterocycles. The summed E-state index contributed by atoms with van der Waals surface area (Å²) in [6.07, 6.45) is 1.11. The van der Waals surface area contributed by atoms with Crippen molar-refractivity contribution >= 4 is 11.4 Å². The van der Waals surface area contributed by atoms with Crippen LogP contribution in [0.1, 0.15) is 13.3 Å². The van der Waals surface area contributed by atoms with Gasteiger partial charge in [-0.1, -0.05) is 6.92 Å². The maximum absolute atomic E-state index is 10.1. The first-order valence-electron chi connectivity index (χ1n) is 3.61. The Balaban J connectivity index is 2.11. The van der Waals surface area contributed by atoms with E-state index in [0.29, 0.717) is 11.8 Å². The fourth-order valence-corrected chi connectivity index (χ4v) is 1.48. The third-order valence-electron chi connectivity index (χ3n) is 2.08. The minimum atomic E-state index is -2.17. The monoisotopic (exact) mass is 179 g/mol. The van der Waals surface area contributed by atoms with Crippen molar-refractivity contribution in [2.45, 2.75) is 19.4 Å². The van der Waals surface area contributed by atoms with Crippen LogP contribution in [0.3, 0.4) is 0 Å². The van der Waals surface area contributed by atoms with Gasteiger partial charge in [0.1, 0.15) is 0 Å². The minimum Gasteiger partial charge on any atom is -0.325 e. The number of hydrogen-bond donors (Lipinski definition) is 2. The van der Waals surface area contributed by atoms with E-state index >= 15 is 0 Å². The van der Waals surface area contributed by atoms with Gasteiger partial charge in [-0.25, -0.2) is 0 Å². The van der Waals surface area contributed by atoms with Crippen molar-refractivity contribution in [3.63, 3.8) is 0 Å². The molecule has 1 rings (SSSR count). The van der Waals surface area contributed by atoms with E-state index < -0.39 is 11.4 Å². The Morgan fingerprint density at radius 3 is 2.82 bits per heavy atom. The maximum Gasteiger partial charge on any atom is 0.301 e. The minimum absolute atomic E-state index is 0.0823. The van der Waals surface area contributed by atoms with Crippen molar-refractivity contribution in [1.29, 1.82) is 0 Å². The molecule has 0 aromatic carbocycles. The molecule has 0 aromatic heterocycles. The average molecular weight is 179 g/mol. The van der Waals surface area contributed by atoms with Gasteiger partial charge in [-0.05, 0) is 18.3 Å². The molecule has 11 heavy (non-hydrogen) atoms. The molecule has 0 radical (unpaired) electrons. The quantitative estimate of drug-likeness (QED) is 0.601. The SMILES string of the molecule is CC1CC1[C@H](N)COS(=O)O. The molecule has 66 valence electrons. The number of hydrogen-bond acceptors (Lipinski definition) is 3. The molecule has 3 N–H and O–H groups in total. The van der Waals surface area contributed by atoms with Crippen molar-refractivity contribution < 1.29 is 12.9 Å². The van der Waals surface area contributed by atoms with E-state index in [4.69, 9.17) is 10.3 Å². The fourth-order valence-electron chi connectivity index (χ4n) is 1.21. The molecule has 5 heteroatoms. The predicted octanol–water partition coefficient (Wildman–Crippen LogP) is 0.123. The van der Waals surface area contributed by atoms with Crippen molar-refractivity contribution in [3.05, 3.63) is 0 Å². The van der Waals surface area contributed by atoms with Crippen LogP contribution in [0.2, 0.25) is 0 Å². The largest absolute Gasteiger partial charge is 0.325 e. The second kappa shape index (κ2) is 3.62. The second-order valence-electron chi connectivity index (χ2n) is 3.04. The smallest absolute Gasteiger partial charge is 0.301 e. The molecule has 0 aliphatic heterocycles. The first-order chi connectivity index (χ1) is 5.11. The van der Waals surface area contributed by atoms with Crippen molar-refractivity contribution in [1.82, 2.24) is 0 Å². The Labute approximate surface area is 68.6 Å². The maximum atomic E-state index is 10.1. The Hall–Kier alpha value is 0.0300. The van der Waals surface area contributed by atoms with E-state index in [0.717, 1.165) is 6.42 Å². The molecule has 3 unspecified atom stereocenters. The second-order valence-corrected chi connectivity index (χ2v) is 3.71. The van der Waals surface area contributed by atoms with E-state index in [1.165, 1.54) is 0 Å². The van der Waals surface area contributed by atoms with Crippen LogP contribution in [-0.4, -0.2) is 21.4 Å². The molecule has 1 saturated carbocycles. The lowest BCUT2D eigenvalue weighted by atomic mass is 10.2. The van der Waals surface area contributed by atoms with Crippen LogP contribution in [0, 0.1) is 11.8 Å². The van der Waals surface area contributed by atoms with Crippen LogP contribution < -0.4 is 5.73 Å². The Morgan fingerprint density at radius 2 is 2.45 bits per heavy atom. The lowest BCUT2D eigenvalue weighted by Crippen LogP contribution is -2.29. The molecular formula is C6H13NO3S. The van der Waals surface area contributed by atoms with Gasteiger partial charge in [-0.2, -0.15) is 4.21 Å². The molecule has 1 aliphatic carbocycles. The van der Waals surface area contributed by atoms with Crippen LogP contribution in [-0.2, 0) is 15.5 Å². The van der Waals surface area contributed by atoms with Crippen molar-refractivity contribution in [2.75, 3.05) is 6.61 Å². The standard InChI is InChI=1S/C6H13NO3S/c1-4-2-5(4)6(7)3-10-11(8)9/h4-6H,2-3,7H2,1H3,(H,8,9)/t4?,5?,6-/m1/s1. The number of rotatable bonds is 4. The van der Waals surface area contributed by atoms with Crippen molar-refractivity contribution in [3.8, 4) is 0 Å². The topological polar surface area (TPSA) is 72.5 Å². The van der Waals surface area contributed by atoms with Crippen LogP contribution >= 0.6 is 0 Å². The highest BCUT2D eigenvalue weighted by Gasteiger charge is 2.37. The summed E-state index contributed by atoms with van der Waals surface area (Å²) in [7, 11) is 0. The molecule has 4 nitrogen and oxygen atoms in total. The van der Waals surface area contributed by atoms with E-state index in [1.54, 1.807) is 0 Å². The first kappa shape index (κ1) is 9.12. The molecular weight excluding hydrogens is 166 g/mol. The van der Waals surface area contributed by atoms with Gasteiger partial charge >= 0.3 is 11.4 Å². The summed E-state index contributed by atoms with van der Waals surface area (Å²) in [4.78, 5) is 0. The normalized spacial score (nSPS) is 34.8. The predicted molar refractivity (Wildman–Crippen MR) is 42.0 cm³/mol. The fraction of sp³-hybridized carbons (Fsp3) is 1.00. The molecule has 0 aromatic rings. The molecule has 0 heterocycles. The zero-order chi connectivity index (χ0) is 8.43.